The number of carbonyl (C=O) groups is 3. The number of nitrogens with one attached hydrogen (secondary N) is 1. The Morgan fingerprint density at radius 3 is 2.28 bits per heavy atom. The Morgan fingerprint density at radius 1 is 1.07 bits per heavy atom. The van der Waals surface area contributed by atoms with E-state index in [0.717, 1.165) is 18.7 Å². The summed E-state index contributed by atoms with van der Waals surface area (Å²) in [6.07, 6.45) is 7.32. The minimum atomic E-state index is -1.31. The number of carboxylic acids is 2. The number of halogens is 2. The molecule has 230 valence electrons. The molecule has 0 aliphatic carbocycles. The van der Waals surface area contributed by atoms with Crippen molar-refractivity contribution in [3.8, 4) is 12.3 Å². The third-order valence-corrected chi connectivity index (χ3v) is 6.49. The average molecular weight is 634 g/mol. The van der Waals surface area contributed by atoms with E-state index in [2.05, 4.69) is 36.1 Å². The van der Waals surface area contributed by atoms with Gasteiger partial charge in [-0.15, -0.1) is 35.5 Å². The van der Waals surface area contributed by atoms with Gasteiger partial charge in [0.1, 0.15) is 6.04 Å². The van der Waals surface area contributed by atoms with Crippen molar-refractivity contribution in [2.45, 2.75) is 37.6 Å². The van der Waals surface area contributed by atoms with Gasteiger partial charge in [-0.2, -0.15) is 9.97 Å². The van der Waals surface area contributed by atoms with Crippen molar-refractivity contribution in [2.75, 3.05) is 43.4 Å². The van der Waals surface area contributed by atoms with E-state index in [4.69, 9.17) is 46.2 Å². The number of benzene rings is 1. The normalized spacial score (nSPS) is 12.1. The van der Waals surface area contributed by atoms with Crippen molar-refractivity contribution < 1.29 is 24.6 Å². The lowest BCUT2D eigenvalue weighted by Crippen LogP contribution is -2.41. The van der Waals surface area contributed by atoms with Crippen LogP contribution in [0.1, 0.15) is 46.8 Å². The van der Waals surface area contributed by atoms with Gasteiger partial charge in [0, 0.05) is 49.2 Å². The zero-order chi connectivity index (χ0) is 31.9. The number of carboxylic acid groups (broad SMARTS) is 2. The number of aliphatic carboxylic acids is 2. The molecular weight excluding hydrogens is 599 g/mol. The number of aromatic nitrogens is 4. The van der Waals surface area contributed by atoms with Gasteiger partial charge in [-0.05, 0) is 37.6 Å². The smallest absolute Gasteiger partial charge is 0.326 e. The van der Waals surface area contributed by atoms with Crippen LogP contribution in [0.3, 0.4) is 0 Å². The highest BCUT2D eigenvalue weighted by atomic mass is 35.5. The van der Waals surface area contributed by atoms with Crippen molar-refractivity contribution in [1.82, 2.24) is 30.2 Å². The molecule has 0 aliphatic heterocycles. The SMILES string of the molecule is C#CCC(Cc1cnc2nc(N)nc(N)c2n1)c1ccc(C(=O)N[C@@H](CCC(=O)O)C(=O)O)cc1.CN(CCCl)CCCl. The van der Waals surface area contributed by atoms with E-state index in [1.165, 1.54) is 0 Å². The number of nitrogens with two attached hydrogens (primary N) is 2. The van der Waals surface area contributed by atoms with Gasteiger partial charge >= 0.3 is 11.9 Å². The van der Waals surface area contributed by atoms with Gasteiger partial charge in [-0.3, -0.25) is 9.59 Å². The number of hydrogen-bond donors (Lipinski definition) is 5. The number of amides is 1. The van der Waals surface area contributed by atoms with Crippen LogP contribution in [-0.4, -0.2) is 90.8 Å². The Bertz CT molecular complexity index is 1430. The third kappa shape index (κ3) is 11.5. The van der Waals surface area contributed by atoms with E-state index >= 15 is 0 Å². The fraction of sp³-hybridized carbons (Fsp3) is 0.393. The summed E-state index contributed by atoms with van der Waals surface area (Å²) in [6, 6.07) is 5.22. The number of nitrogens with zero attached hydrogens (tertiary/aromatic N) is 5. The highest BCUT2D eigenvalue weighted by Crippen LogP contribution is 2.25. The number of anilines is 2. The van der Waals surface area contributed by atoms with Crippen molar-refractivity contribution in [3.63, 3.8) is 0 Å². The van der Waals surface area contributed by atoms with Gasteiger partial charge in [-0.25, -0.2) is 14.8 Å². The Labute approximate surface area is 259 Å². The Morgan fingerprint density at radius 2 is 1.72 bits per heavy atom. The molecule has 1 unspecified atom stereocenters. The lowest BCUT2D eigenvalue weighted by molar-refractivity contribution is -0.140. The molecule has 0 bridgehead atoms. The van der Waals surface area contributed by atoms with Crippen LogP contribution in [0.15, 0.2) is 30.5 Å². The van der Waals surface area contributed by atoms with E-state index in [-0.39, 0.29) is 41.7 Å². The van der Waals surface area contributed by atoms with Crippen LogP contribution >= 0.6 is 23.2 Å². The zero-order valence-corrected chi connectivity index (χ0v) is 25.1. The maximum atomic E-state index is 12.5. The van der Waals surface area contributed by atoms with E-state index < -0.39 is 23.9 Å². The van der Waals surface area contributed by atoms with E-state index in [0.29, 0.717) is 35.8 Å². The molecule has 1 amide bonds. The fourth-order valence-corrected chi connectivity index (χ4v) is 4.43. The second kappa shape index (κ2) is 17.6. The highest BCUT2D eigenvalue weighted by Gasteiger charge is 2.22. The number of fused-ring (bicyclic) bond motifs is 1. The maximum absolute atomic E-state index is 12.5. The molecule has 43 heavy (non-hydrogen) atoms. The van der Waals surface area contributed by atoms with Crippen LogP contribution in [0.5, 0.6) is 0 Å². The first-order chi connectivity index (χ1) is 20.5. The van der Waals surface area contributed by atoms with Crippen molar-refractivity contribution in [1.29, 1.82) is 0 Å². The summed E-state index contributed by atoms with van der Waals surface area (Å²) >= 11 is 10.9. The molecule has 0 saturated heterocycles. The van der Waals surface area contributed by atoms with Gasteiger partial charge in [0.25, 0.3) is 5.91 Å². The lowest BCUT2D eigenvalue weighted by Gasteiger charge is -2.16. The van der Waals surface area contributed by atoms with Crippen LogP contribution in [0, 0.1) is 12.3 Å². The Hall–Kier alpha value is -4.25. The number of rotatable bonds is 14. The van der Waals surface area contributed by atoms with E-state index in [1.54, 1.807) is 30.5 Å². The van der Waals surface area contributed by atoms with Gasteiger partial charge < -0.3 is 31.9 Å². The third-order valence-electron chi connectivity index (χ3n) is 6.15. The molecule has 0 saturated carbocycles. The lowest BCUT2D eigenvalue weighted by atomic mass is 9.91. The van der Waals surface area contributed by atoms with Crippen LogP contribution in [0.25, 0.3) is 11.2 Å². The first kappa shape index (κ1) is 34.9. The molecule has 3 aromatic rings. The molecule has 3 rings (SSSR count). The number of hydrogen-bond acceptors (Lipinski definition) is 10. The zero-order valence-electron chi connectivity index (χ0n) is 23.5. The Balaban J connectivity index is 0.000000708. The van der Waals surface area contributed by atoms with Crippen LogP contribution in [-0.2, 0) is 16.0 Å². The van der Waals surface area contributed by atoms with Gasteiger partial charge in [-0.1, -0.05) is 12.1 Å². The number of alkyl halides is 2. The molecule has 7 N–H and O–H groups in total. The largest absolute Gasteiger partial charge is 0.481 e. The first-order valence-electron chi connectivity index (χ1n) is 13.1. The summed E-state index contributed by atoms with van der Waals surface area (Å²) in [6.45, 7) is 1.85. The molecule has 13 nitrogen and oxygen atoms in total. The minimum absolute atomic E-state index is 0.00273. The monoisotopic (exact) mass is 632 g/mol. The maximum Gasteiger partial charge on any atom is 0.326 e. The fourth-order valence-electron chi connectivity index (χ4n) is 3.86. The molecule has 0 aliphatic rings. The van der Waals surface area contributed by atoms with Crippen molar-refractivity contribution in [2.24, 2.45) is 0 Å². The quantitative estimate of drug-likeness (QED) is 0.128. The minimum Gasteiger partial charge on any atom is -0.481 e. The molecule has 2 heterocycles. The van der Waals surface area contributed by atoms with Crippen molar-refractivity contribution >= 4 is 64.0 Å². The molecule has 15 heteroatoms. The van der Waals surface area contributed by atoms with Crippen molar-refractivity contribution in [3.05, 3.63) is 47.3 Å². The summed E-state index contributed by atoms with van der Waals surface area (Å²) in [7, 11) is 2.00. The second-order valence-electron chi connectivity index (χ2n) is 9.41. The molecule has 2 atom stereocenters. The van der Waals surface area contributed by atoms with E-state index in [1.807, 2.05) is 7.05 Å². The predicted octanol–water partition coefficient (Wildman–Crippen LogP) is 2.38. The summed E-state index contributed by atoms with van der Waals surface area (Å²) in [5.74, 6) is 0.897. The Kier molecular flexibility index (Phi) is 14.3. The second-order valence-corrected chi connectivity index (χ2v) is 10.2. The topological polar surface area (TPSA) is 211 Å². The summed E-state index contributed by atoms with van der Waals surface area (Å²) in [4.78, 5) is 53.3. The predicted molar refractivity (Wildman–Crippen MR) is 165 cm³/mol. The molecule has 0 fully saturated rings. The summed E-state index contributed by atoms with van der Waals surface area (Å²) in [5.41, 5.74) is 13.8. The standard InChI is InChI=1S/C23H23N7O5.C5H11Cl2N/c1-2-3-14(10-15-11-26-20-18(27-15)19(24)29-23(25)30-20)12-4-6-13(7-5-12)21(33)28-16(22(34)35)8-9-17(31)32;1-8(4-2-6)5-3-7/h1,4-7,11,14,16H,3,8-10H2,(H,28,33)(H,31,32)(H,34,35)(H4,24,25,26,29,30);2-5H2,1H3/t14?,16-;/m0./s1. The first-order valence-corrected chi connectivity index (χ1v) is 14.2. The molecule has 0 spiro atoms. The summed E-state index contributed by atoms with van der Waals surface area (Å²) < 4.78 is 0. The number of nitrogen functional groups attached to an aromatic ring is 2. The molecule has 0 radical (unpaired) electrons. The average Bonchev–Trinajstić information content (AvgIpc) is 2.95. The number of carbonyl (C=O) groups excluding carboxylic acids is 1. The number of terminal acetylenes is 1. The van der Waals surface area contributed by atoms with Crippen LogP contribution < -0.4 is 16.8 Å². The van der Waals surface area contributed by atoms with Gasteiger partial charge in [0.2, 0.25) is 5.95 Å². The highest BCUT2D eigenvalue weighted by molar-refractivity contribution is 6.18. The summed E-state index contributed by atoms with van der Waals surface area (Å²) in [5, 5.41) is 20.3. The van der Waals surface area contributed by atoms with Gasteiger partial charge in [0.15, 0.2) is 17.0 Å². The molecular formula is C28H34Cl2N8O5. The van der Waals surface area contributed by atoms with Gasteiger partial charge in [0.05, 0.1) is 11.9 Å². The van der Waals surface area contributed by atoms with E-state index in [9.17, 15) is 19.5 Å². The van der Waals surface area contributed by atoms with Crippen LogP contribution in [0.2, 0.25) is 0 Å². The van der Waals surface area contributed by atoms with Crippen LogP contribution in [0.4, 0.5) is 11.8 Å². The molecule has 1 aromatic carbocycles. The molecule has 2 aromatic heterocycles.